The summed E-state index contributed by atoms with van der Waals surface area (Å²) in [6.45, 7) is 0.180. The van der Waals surface area contributed by atoms with Crippen LogP contribution in [0, 0.1) is 5.82 Å². The molecule has 148 valence electrons. The molecule has 3 aromatic rings. The highest BCUT2D eigenvalue weighted by atomic mass is 19.4. The van der Waals surface area contributed by atoms with Crippen LogP contribution in [0.5, 0.6) is 0 Å². The largest absolute Gasteiger partial charge is 0.491 e. The second-order valence-corrected chi connectivity index (χ2v) is 6.18. The molecule has 7 nitrogen and oxygen atoms in total. The summed E-state index contributed by atoms with van der Waals surface area (Å²) in [6.07, 6.45) is -5.03. The quantitative estimate of drug-likeness (QED) is 0.513. The predicted molar refractivity (Wildman–Crippen MR) is 93.1 cm³/mol. The summed E-state index contributed by atoms with van der Waals surface area (Å²) < 4.78 is 60.2. The summed E-state index contributed by atoms with van der Waals surface area (Å²) in [5.41, 5.74) is -1.80. The van der Waals surface area contributed by atoms with Gasteiger partial charge in [-0.05, 0) is 35.3 Å². The molecule has 12 heteroatoms. The molecule has 4 rings (SSSR count). The first-order chi connectivity index (χ1) is 13.8. The number of benzene rings is 2. The van der Waals surface area contributed by atoms with E-state index in [-0.39, 0.29) is 17.0 Å². The minimum Gasteiger partial charge on any atom is -0.423 e. The van der Waals surface area contributed by atoms with Gasteiger partial charge in [-0.3, -0.25) is 4.79 Å². The number of nitrogens with one attached hydrogen (secondary N) is 1. The molecule has 0 saturated carbocycles. The van der Waals surface area contributed by atoms with Crippen molar-refractivity contribution in [1.29, 1.82) is 0 Å². The highest BCUT2D eigenvalue weighted by Gasteiger charge is 2.42. The summed E-state index contributed by atoms with van der Waals surface area (Å²) in [4.78, 5) is 12.5. The number of fused-ring (bicyclic) bond motifs is 1. The highest BCUT2D eigenvalue weighted by molar-refractivity contribution is 6.61. The molecule has 2 heterocycles. The van der Waals surface area contributed by atoms with E-state index in [1.165, 1.54) is 24.3 Å². The average molecular weight is 406 g/mol. The van der Waals surface area contributed by atoms with E-state index in [2.05, 4.69) is 15.6 Å². The number of carbonyl (C=O) groups excluding carboxylic acids is 1. The van der Waals surface area contributed by atoms with Gasteiger partial charge in [0.1, 0.15) is 11.5 Å². The van der Waals surface area contributed by atoms with E-state index < -0.39 is 42.1 Å². The van der Waals surface area contributed by atoms with Crippen molar-refractivity contribution in [3.05, 3.63) is 65.2 Å². The van der Waals surface area contributed by atoms with Gasteiger partial charge in [0.2, 0.25) is 0 Å². The number of nitrogens with zero attached hydrogens (tertiary/aromatic N) is 3. The SMILES string of the molecule is O=C(Nc1ccc2c(c1)B(O)OC2)c1nnn(-c2ccccc2F)c1C(F)(F)F. The number of halogens is 4. The Labute approximate surface area is 161 Å². The second-order valence-electron chi connectivity index (χ2n) is 6.18. The van der Waals surface area contributed by atoms with Crippen molar-refractivity contribution in [2.45, 2.75) is 12.8 Å². The van der Waals surface area contributed by atoms with Crippen molar-refractivity contribution in [2.75, 3.05) is 5.32 Å². The van der Waals surface area contributed by atoms with E-state index in [0.717, 1.165) is 12.1 Å². The zero-order valence-corrected chi connectivity index (χ0v) is 14.4. The van der Waals surface area contributed by atoms with E-state index >= 15 is 0 Å². The van der Waals surface area contributed by atoms with Gasteiger partial charge >= 0.3 is 13.3 Å². The van der Waals surface area contributed by atoms with Crippen molar-refractivity contribution in [1.82, 2.24) is 15.0 Å². The number of aromatic nitrogens is 3. The average Bonchev–Trinajstić information content (AvgIpc) is 3.26. The zero-order valence-electron chi connectivity index (χ0n) is 14.4. The Bertz CT molecular complexity index is 1100. The summed E-state index contributed by atoms with van der Waals surface area (Å²) in [5.74, 6) is -2.14. The molecule has 0 radical (unpaired) electrons. The fraction of sp³-hybridized carbons (Fsp3) is 0.118. The van der Waals surface area contributed by atoms with Gasteiger partial charge in [-0.1, -0.05) is 23.4 Å². The molecular formula is C17H11BF4N4O3. The lowest BCUT2D eigenvalue weighted by Crippen LogP contribution is -2.28. The second kappa shape index (κ2) is 6.97. The van der Waals surface area contributed by atoms with Crippen LogP contribution in [0.15, 0.2) is 42.5 Å². The molecule has 0 unspecified atom stereocenters. The minimum absolute atomic E-state index is 0.131. The molecule has 0 spiro atoms. The summed E-state index contributed by atoms with van der Waals surface area (Å²) in [6, 6.07) is 9.10. The molecule has 29 heavy (non-hydrogen) atoms. The van der Waals surface area contributed by atoms with E-state index in [4.69, 9.17) is 4.65 Å². The molecule has 1 aliphatic rings. The molecule has 0 aliphatic carbocycles. The van der Waals surface area contributed by atoms with Crippen LogP contribution in [0.2, 0.25) is 0 Å². The molecule has 1 amide bonds. The van der Waals surface area contributed by atoms with E-state index in [0.29, 0.717) is 11.0 Å². The maximum atomic E-state index is 14.0. The maximum absolute atomic E-state index is 14.0. The van der Waals surface area contributed by atoms with Crippen molar-refractivity contribution in [2.24, 2.45) is 0 Å². The molecule has 0 saturated heterocycles. The predicted octanol–water partition coefficient (Wildman–Crippen LogP) is 1.90. The molecular weight excluding hydrogens is 395 g/mol. The van der Waals surface area contributed by atoms with Crippen molar-refractivity contribution in [3.63, 3.8) is 0 Å². The Kier molecular flexibility index (Phi) is 4.59. The Morgan fingerprint density at radius 1 is 1.24 bits per heavy atom. The van der Waals surface area contributed by atoms with Gasteiger partial charge in [-0.25, -0.2) is 9.07 Å². The molecule has 1 aliphatic heterocycles. The summed E-state index contributed by atoms with van der Waals surface area (Å²) >= 11 is 0. The molecule has 2 N–H and O–H groups in total. The molecule has 0 bridgehead atoms. The van der Waals surface area contributed by atoms with Crippen LogP contribution < -0.4 is 10.8 Å². The lowest BCUT2D eigenvalue weighted by molar-refractivity contribution is -0.143. The first kappa shape index (κ1) is 19.1. The lowest BCUT2D eigenvalue weighted by atomic mass is 9.79. The number of anilines is 1. The number of hydrogen-bond donors (Lipinski definition) is 2. The smallest absolute Gasteiger partial charge is 0.423 e. The zero-order chi connectivity index (χ0) is 20.8. The summed E-state index contributed by atoms with van der Waals surface area (Å²) in [7, 11) is -1.19. The standard InChI is InChI=1S/C17H11BF4N4O3/c19-12-3-1-2-4-13(12)26-15(17(20,21)22)14(24-25-26)16(27)23-10-6-5-9-8-29-18(28)11(9)7-10/h1-7,28H,8H2,(H,23,27). The van der Waals surface area contributed by atoms with Gasteiger partial charge in [-0.2, -0.15) is 13.2 Å². The Morgan fingerprint density at radius 2 is 2.00 bits per heavy atom. The number of hydrogen-bond acceptors (Lipinski definition) is 5. The van der Waals surface area contributed by atoms with Crippen molar-refractivity contribution in [3.8, 4) is 5.69 Å². The van der Waals surface area contributed by atoms with Crippen LogP contribution in [-0.2, 0) is 17.4 Å². The number of rotatable bonds is 3. The number of alkyl halides is 3. The van der Waals surface area contributed by atoms with Gasteiger partial charge in [0, 0.05) is 5.69 Å². The van der Waals surface area contributed by atoms with Crippen LogP contribution in [0.4, 0.5) is 23.2 Å². The third-order valence-electron chi connectivity index (χ3n) is 4.30. The lowest BCUT2D eigenvalue weighted by Gasteiger charge is -2.12. The number of amides is 1. The van der Waals surface area contributed by atoms with Crippen LogP contribution in [0.3, 0.4) is 0 Å². The Hall–Kier alpha value is -3.25. The molecule has 1 aromatic heterocycles. The van der Waals surface area contributed by atoms with Crippen LogP contribution >= 0.6 is 0 Å². The number of para-hydroxylation sites is 1. The van der Waals surface area contributed by atoms with Crippen molar-refractivity contribution >= 4 is 24.2 Å². The topological polar surface area (TPSA) is 89.3 Å². The van der Waals surface area contributed by atoms with Gasteiger partial charge in [0.05, 0.1) is 6.61 Å². The van der Waals surface area contributed by atoms with Gasteiger partial charge in [-0.15, -0.1) is 5.10 Å². The van der Waals surface area contributed by atoms with Crippen LogP contribution in [0.1, 0.15) is 21.7 Å². The van der Waals surface area contributed by atoms with Gasteiger partial charge in [0.15, 0.2) is 11.4 Å². The summed E-state index contributed by atoms with van der Waals surface area (Å²) in [5, 5.41) is 18.7. The Balaban J connectivity index is 1.71. The fourth-order valence-corrected chi connectivity index (χ4v) is 2.96. The van der Waals surface area contributed by atoms with Crippen LogP contribution in [-0.4, -0.2) is 33.0 Å². The third kappa shape index (κ3) is 3.47. The van der Waals surface area contributed by atoms with E-state index in [1.54, 1.807) is 6.07 Å². The van der Waals surface area contributed by atoms with Gasteiger partial charge < -0.3 is 15.0 Å². The van der Waals surface area contributed by atoms with Crippen LogP contribution in [0.25, 0.3) is 5.69 Å². The third-order valence-corrected chi connectivity index (χ3v) is 4.30. The van der Waals surface area contributed by atoms with Crippen molar-refractivity contribution < 1.29 is 32.0 Å². The molecule has 0 atom stereocenters. The number of carbonyl (C=O) groups is 1. The first-order valence-corrected chi connectivity index (χ1v) is 8.27. The molecule has 2 aromatic carbocycles. The highest BCUT2D eigenvalue weighted by Crippen LogP contribution is 2.33. The minimum atomic E-state index is -5.03. The first-order valence-electron chi connectivity index (χ1n) is 8.27. The maximum Gasteiger partial charge on any atom is 0.491 e. The van der Waals surface area contributed by atoms with Gasteiger partial charge in [0.25, 0.3) is 5.91 Å². The monoisotopic (exact) mass is 406 g/mol. The molecule has 0 fully saturated rings. The normalized spacial score (nSPS) is 13.5. The van der Waals surface area contributed by atoms with E-state index in [1.807, 2.05) is 0 Å². The fourth-order valence-electron chi connectivity index (χ4n) is 2.96. The Morgan fingerprint density at radius 3 is 2.72 bits per heavy atom. The van der Waals surface area contributed by atoms with E-state index in [9.17, 15) is 27.4 Å².